The van der Waals surface area contributed by atoms with Gasteiger partial charge in [0, 0.05) is 12.0 Å². The van der Waals surface area contributed by atoms with Gasteiger partial charge < -0.3 is 5.32 Å². The molecule has 1 aliphatic carbocycles. The lowest BCUT2D eigenvalue weighted by atomic mass is 9.90. The van der Waals surface area contributed by atoms with Gasteiger partial charge in [0.1, 0.15) is 0 Å². The van der Waals surface area contributed by atoms with E-state index in [2.05, 4.69) is 67.7 Å². The van der Waals surface area contributed by atoms with Crippen LogP contribution in [0.5, 0.6) is 0 Å². The van der Waals surface area contributed by atoms with Crippen LogP contribution in [0.3, 0.4) is 0 Å². The van der Waals surface area contributed by atoms with Gasteiger partial charge in [-0.2, -0.15) is 0 Å². The lowest BCUT2D eigenvalue weighted by Gasteiger charge is -2.22. The van der Waals surface area contributed by atoms with Crippen molar-refractivity contribution >= 4 is 0 Å². The van der Waals surface area contributed by atoms with Crippen molar-refractivity contribution < 1.29 is 0 Å². The van der Waals surface area contributed by atoms with Crippen molar-refractivity contribution in [3.63, 3.8) is 0 Å². The van der Waals surface area contributed by atoms with Gasteiger partial charge >= 0.3 is 0 Å². The van der Waals surface area contributed by atoms with Crippen molar-refractivity contribution in [2.75, 3.05) is 6.54 Å². The molecule has 2 aromatic rings. The van der Waals surface area contributed by atoms with Gasteiger partial charge in [-0.25, -0.2) is 0 Å². The molecule has 0 radical (unpaired) electrons. The summed E-state index contributed by atoms with van der Waals surface area (Å²) >= 11 is 0. The van der Waals surface area contributed by atoms with E-state index in [0.29, 0.717) is 12.0 Å². The maximum absolute atomic E-state index is 3.57. The minimum atomic E-state index is 0.472. The van der Waals surface area contributed by atoms with Crippen molar-refractivity contribution in [3.8, 4) is 11.1 Å². The largest absolute Gasteiger partial charge is 0.314 e. The van der Waals surface area contributed by atoms with E-state index in [9.17, 15) is 0 Å². The maximum Gasteiger partial charge on any atom is 0.0253 e. The highest BCUT2D eigenvalue weighted by Gasteiger charge is 2.31. The van der Waals surface area contributed by atoms with E-state index < -0.39 is 0 Å². The van der Waals surface area contributed by atoms with Crippen LogP contribution in [0.1, 0.15) is 30.9 Å². The molecule has 1 nitrogen and oxygen atoms in total. The molecule has 92 valence electrons. The van der Waals surface area contributed by atoms with Crippen LogP contribution in [-0.4, -0.2) is 12.6 Å². The van der Waals surface area contributed by atoms with Gasteiger partial charge in [0.05, 0.1) is 0 Å². The molecule has 0 amide bonds. The van der Waals surface area contributed by atoms with E-state index >= 15 is 0 Å². The average molecular weight is 237 g/mol. The summed E-state index contributed by atoms with van der Waals surface area (Å²) in [5.41, 5.74) is 5.74. The van der Waals surface area contributed by atoms with Gasteiger partial charge in [0.25, 0.3) is 0 Å². The SMILES string of the molecule is CCNC(C)C1c2ccccc2-c2ccccc21. The smallest absolute Gasteiger partial charge is 0.0253 e. The van der Waals surface area contributed by atoms with E-state index in [-0.39, 0.29) is 0 Å². The third-order valence-corrected chi connectivity index (χ3v) is 3.91. The van der Waals surface area contributed by atoms with E-state index in [0.717, 1.165) is 6.54 Å². The fraction of sp³-hybridized carbons (Fsp3) is 0.294. The quantitative estimate of drug-likeness (QED) is 0.856. The molecule has 1 unspecified atom stereocenters. The first-order valence-corrected chi connectivity index (χ1v) is 6.74. The summed E-state index contributed by atoms with van der Waals surface area (Å²) in [5.74, 6) is 0.484. The average Bonchev–Trinajstić information content (AvgIpc) is 2.73. The van der Waals surface area contributed by atoms with Crippen LogP contribution in [-0.2, 0) is 0 Å². The summed E-state index contributed by atoms with van der Waals surface area (Å²) in [6.45, 7) is 5.47. The molecule has 0 spiro atoms. The first kappa shape index (κ1) is 11.5. The van der Waals surface area contributed by atoms with Crippen LogP contribution in [0.4, 0.5) is 0 Å². The van der Waals surface area contributed by atoms with Crippen molar-refractivity contribution in [1.29, 1.82) is 0 Å². The second-order valence-electron chi connectivity index (χ2n) is 5.00. The Balaban J connectivity index is 2.14. The maximum atomic E-state index is 3.57. The Labute approximate surface area is 109 Å². The van der Waals surface area contributed by atoms with E-state index in [1.165, 1.54) is 22.3 Å². The van der Waals surface area contributed by atoms with Gasteiger partial charge in [-0.1, -0.05) is 55.5 Å². The third-order valence-electron chi connectivity index (χ3n) is 3.91. The number of hydrogen-bond donors (Lipinski definition) is 1. The van der Waals surface area contributed by atoms with Gasteiger partial charge in [0.15, 0.2) is 0 Å². The first-order valence-electron chi connectivity index (χ1n) is 6.74. The third kappa shape index (κ3) is 1.67. The predicted octanol–water partition coefficient (Wildman–Crippen LogP) is 3.80. The summed E-state index contributed by atoms with van der Waals surface area (Å²) in [5, 5.41) is 3.57. The summed E-state index contributed by atoms with van der Waals surface area (Å²) in [6, 6.07) is 18.1. The molecule has 1 atom stereocenters. The summed E-state index contributed by atoms with van der Waals surface area (Å²) < 4.78 is 0. The Morgan fingerprint density at radius 1 is 0.944 bits per heavy atom. The summed E-state index contributed by atoms with van der Waals surface area (Å²) in [7, 11) is 0. The Hall–Kier alpha value is -1.60. The number of fused-ring (bicyclic) bond motifs is 3. The highest BCUT2D eigenvalue weighted by atomic mass is 14.9. The van der Waals surface area contributed by atoms with Crippen LogP contribution in [0.2, 0.25) is 0 Å². The number of rotatable bonds is 3. The lowest BCUT2D eigenvalue weighted by molar-refractivity contribution is 0.520. The minimum absolute atomic E-state index is 0.472. The Morgan fingerprint density at radius 2 is 1.44 bits per heavy atom. The number of likely N-dealkylation sites (N-methyl/N-ethyl adjacent to an activating group) is 1. The van der Waals surface area contributed by atoms with Gasteiger partial charge in [-0.3, -0.25) is 0 Å². The van der Waals surface area contributed by atoms with E-state index in [1.807, 2.05) is 0 Å². The molecule has 1 aliphatic rings. The van der Waals surface area contributed by atoms with E-state index in [1.54, 1.807) is 0 Å². The van der Waals surface area contributed by atoms with Crippen LogP contribution < -0.4 is 5.32 Å². The first-order chi connectivity index (χ1) is 8.83. The van der Waals surface area contributed by atoms with Crippen molar-refractivity contribution in [3.05, 3.63) is 59.7 Å². The fourth-order valence-electron chi connectivity index (χ4n) is 3.17. The predicted molar refractivity (Wildman–Crippen MR) is 76.9 cm³/mol. The molecule has 0 saturated carbocycles. The summed E-state index contributed by atoms with van der Waals surface area (Å²) in [6.07, 6.45) is 0. The number of hydrogen-bond acceptors (Lipinski definition) is 1. The van der Waals surface area contributed by atoms with Crippen LogP contribution in [0.25, 0.3) is 11.1 Å². The van der Waals surface area contributed by atoms with Crippen molar-refractivity contribution in [1.82, 2.24) is 5.32 Å². The van der Waals surface area contributed by atoms with Crippen LogP contribution in [0.15, 0.2) is 48.5 Å². The Morgan fingerprint density at radius 3 is 1.94 bits per heavy atom. The molecule has 18 heavy (non-hydrogen) atoms. The molecule has 0 fully saturated rings. The van der Waals surface area contributed by atoms with Gasteiger partial charge in [0.2, 0.25) is 0 Å². The molecule has 0 saturated heterocycles. The van der Waals surface area contributed by atoms with Crippen LogP contribution in [0, 0.1) is 0 Å². The zero-order valence-electron chi connectivity index (χ0n) is 11.0. The van der Waals surface area contributed by atoms with Crippen molar-refractivity contribution in [2.45, 2.75) is 25.8 Å². The molecule has 0 bridgehead atoms. The molecule has 3 rings (SSSR count). The van der Waals surface area contributed by atoms with Gasteiger partial charge in [-0.15, -0.1) is 0 Å². The molecule has 2 aromatic carbocycles. The fourth-order valence-corrected chi connectivity index (χ4v) is 3.17. The summed E-state index contributed by atoms with van der Waals surface area (Å²) in [4.78, 5) is 0. The number of benzene rings is 2. The zero-order chi connectivity index (χ0) is 12.5. The lowest BCUT2D eigenvalue weighted by Crippen LogP contribution is -2.31. The topological polar surface area (TPSA) is 12.0 Å². The zero-order valence-corrected chi connectivity index (χ0v) is 11.0. The molecule has 0 aliphatic heterocycles. The molecular formula is C17H19N. The molecule has 0 heterocycles. The second kappa shape index (κ2) is 4.58. The van der Waals surface area contributed by atoms with Crippen LogP contribution >= 0.6 is 0 Å². The molecule has 1 N–H and O–H groups in total. The van der Waals surface area contributed by atoms with E-state index in [4.69, 9.17) is 0 Å². The van der Waals surface area contributed by atoms with Gasteiger partial charge in [-0.05, 0) is 35.7 Å². The molecule has 0 aromatic heterocycles. The Bertz CT molecular complexity index is 514. The van der Waals surface area contributed by atoms with Crippen molar-refractivity contribution in [2.24, 2.45) is 0 Å². The monoisotopic (exact) mass is 237 g/mol. The highest BCUT2D eigenvalue weighted by molar-refractivity contribution is 5.79. The number of nitrogens with one attached hydrogen (secondary N) is 1. The standard InChI is InChI=1S/C17H19N/c1-3-18-12(2)17-15-10-6-4-8-13(15)14-9-5-7-11-16(14)17/h4-12,17-18H,3H2,1-2H3. The molecular weight excluding hydrogens is 218 g/mol. The highest BCUT2D eigenvalue weighted by Crippen LogP contribution is 2.45. The normalized spacial score (nSPS) is 15.2. The Kier molecular flexibility index (Phi) is 2.92. The minimum Gasteiger partial charge on any atom is -0.314 e. The second-order valence-corrected chi connectivity index (χ2v) is 5.00. The molecule has 1 heteroatoms.